The molecule has 0 spiro atoms. The van der Waals surface area contributed by atoms with Crippen LogP contribution in [0.3, 0.4) is 0 Å². The Hall–Kier alpha value is -3.43. The van der Waals surface area contributed by atoms with Crippen LogP contribution in [-0.4, -0.2) is 61.4 Å². The van der Waals surface area contributed by atoms with Crippen LogP contribution in [0.1, 0.15) is 17.3 Å². The molecule has 0 unspecified atom stereocenters. The maximum absolute atomic E-state index is 12.9. The molecule has 2 amide bonds. The van der Waals surface area contributed by atoms with Crippen LogP contribution in [-0.2, 0) is 11.8 Å². The fourth-order valence-electron chi connectivity index (χ4n) is 4.06. The summed E-state index contributed by atoms with van der Waals surface area (Å²) in [5.74, 6) is -0.542. The molecule has 0 radical (unpaired) electrons. The van der Waals surface area contributed by atoms with Gasteiger partial charge in [0.1, 0.15) is 11.6 Å². The molecule has 4 aromatic rings. The Balaban J connectivity index is 1.46. The zero-order valence-corrected chi connectivity index (χ0v) is 18.3. The second kappa shape index (κ2) is 7.61. The van der Waals surface area contributed by atoms with Gasteiger partial charge in [0.05, 0.1) is 17.5 Å². The first kappa shape index (κ1) is 20.5. The number of halogens is 1. The summed E-state index contributed by atoms with van der Waals surface area (Å²) in [5, 5.41) is 4.40. The maximum Gasteiger partial charge on any atom is 0.255 e. The Morgan fingerprint density at radius 2 is 2.12 bits per heavy atom. The lowest BCUT2D eigenvalue weighted by atomic mass is 10.1. The number of fused-ring (bicyclic) bond motifs is 2. The summed E-state index contributed by atoms with van der Waals surface area (Å²) >= 11 is 6.15. The number of H-pyrrole nitrogens is 1. The molecule has 164 valence electrons. The van der Waals surface area contributed by atoms with E-state index in [4.69, 9.17) is 22.3 Å². The third-order valence-electron chi connectivity index (χ3n) is 5.79. The van der Waals surface area contributed by atoms with E-state index < -0.39 is 11.9 Å². The van der Waals surface area contributed by atoms with E-state index in [0.29, 0.717) is 40.5 Å². The van der Waals surface area contributed by atoms with Crippen molar-refractivity contribution in [3.05, 3.63) is 47.4 Å². The number of amides is 2. The van der Waals surface area contributed by atoms with Crippen LogP contribution < -0.4 is 11.1 Å². The molecule has 4 heterocycles. The number of carbonyl (C=O) groups excluding carboxylic acids is 2. The normalized spacial score (nSPS) is 15.2. The monoisotopic (exact) mass is 451 g/mol. The third-order valence-corrected chi connectivity index (χ3v) is 6.03. The SMILES string of the molecule is C[C@@H](NC(=O)c1c[nH]c2ncc(-c3cn(C)c4cc(Cl)ccc34)nc12)C(=O)N1CC(N)C1. The van der Waals surface area contributed by atoms with E-state index in [1.807, 2.05) is 36.0 Å². The smallest absolute Gasteiger partial charge is 0.255 e. The van der Waals surface area contributed by atoms with Crippen LogP contribution in [0.2, 0.25) is 5.02 Å². The highest BCUT2D eigenvalue weighted by Gasteiger charge is 2.31. The molecule has 4 N–H and O–H groups in total. The van der Waals surface area contributed by atoms with Gasteiger partial charge < -0.3 is 25.5 Å². The summed E-state index contributed by atoms with van der Waals surface area (Å²) in [7, 11) is 1.94. The van der Waals surface area contributed by atoms with Gasteiger partial charge in [0.25, 0.3) is 5.91 Å². The number of aryl methyl sites for hydroxylation is 1. The van der Waals surface area contributed by atoms with E-state index in [1.165, 1.54) is 0 Å². The van der Waals surface area contributed by atoms with Crippen molar-refractivity contribution in [3.63, 3.8) is 0 Å². The molecule has 1 aliphatic heterocycles. The van der Waals surface area contributed by atoms with Crippen molar-refractivity contribution in [2.75, 3.05) is 13.1 Å². The molecule has 1 aliphatic rings. The Morgan fingerprint density at radius 3 is 2.88 bits per heavy atom. The molecule has 1 fully saturated rings. The van der Waals surface area contributed by atoms with E-state index >= 15 is 0 Å². The molecule has 0 aliphatic carbocycles. The first-order chi connectivity index (χ1) is 15.3. The Labute approximate surface area is 188 Å². The molecule has 10 heteroatoms. The number of aromatic amines is 1. The quantitative estimate of drug-likeness (QED) is 0.438. The molecule has 1 atom stereocenters. The van der Waals surface area contributed by atoms with Crippen molar-refractivity contribution in [2.24, 2.45) is 12.8 Å². The zero-order chi connectivity index (χ0) is 22.6. The lowest BCUT2D eigenvalue weighted by molar-refractivity contribution is -0.137. The Bertz CT molecular complexity index is 1370. The van der Waals surface area contributed by atoms with E-state index in [1.54, 1.807) is 24.2 Å². The number of nitrogens with zero attached hydrogens (tertiary/aromatic N) is 4. The molecule has 1 saturated heterocycles. The molecule has 0 saturated carbocycles. The predicted molar refractivity (Wildman–Crippen MR) is 122 cm³/mol. The van der Waals surface area contributed by atoms with Crippen molar-refractivity contribution in [1.29, 1.82) is 0 Å². The van der Waals surface area contributed by atoms with Gasteiger partial charge >= 0.3 is 0 Å². The first-order valence-corrected chi connectivity index (χ1v) is 10.6. The lowest BCUT2D eigenvalue weighted by Crippen LogP contribution is -2.61. The van der Waals surface area contributed by atoms with Crippen LogP contribution in [0.4, 0.5) is 0 Å². The molecule has 3 aromatic heterocycles. The average Bonchev–Trinajstić information content (AvgIpc) is 3.31. The van der Waals surface area contributed by atoms with Gasteiger partial charge in [0, 0.05) is 60.1 Å². The minimum absolute atomic E-state index is 0.00857. The van der Waals surface area contributed by atoms with Gasteiger partial charge in [-0.25, -0.2) is 9.97 Å². The van der Waals surface area contributed by atoms with Crippen molar-refractivity contribution >= 4 is 45.5 Å². The number of nitrogens with one attached hydrogen (secondary N) is 2. The summed E-state index contributed by atoms with van der Waals surface area (Å²) in [6.07, 6.45) is 5.19. The van der Waals surface area contributed by atoms with Gasteiger partial charge in [-0.3, -0.25) is 9.59 Å². The van der Waals surface area contributed by atoms with Gasteiger partial charge in [-0.15, -0.1) is 0 Å². The summed E-state index contributed by atoms with van der Waals surface area (Å²) in [6.45, 7) is 2.69. The number of nitrogens with two attached hydrogens (primary N) is 1. The zero-order valence-electron chi connectivity index (χ0n) is 17.6. The molecule has 5 rings (SSSR count). The molecule has 0 bridgehead atoms. The molecule has 32 heavy (non-hydrogen) atoms. The summed E-state index contributed by atoms with van der Waals surface area (Å²) in [4.78, 5) is 39.1. The Morgan fingerprint density at radius 1 is 1.34 bits per heavy atom. The fraction of sp³-hybridized carbons (Fsp3) is 0.273. The van der Waals surface area contributed by atoms with Crippen molar-refractivity contribution in [2.45, 2.75) is 19.0 Å². The number of hydrogen-bond donors (Lipinski definition) is 3. The summed E-state index contributed by atoms with van der Waals surface area (Å²) in [6, 6.07) is 5.01. The molecule has 9 nitrogen and oxygen atoms in total. The minimum Gasteiger partial charge on any atom is -0.350 e. The number of benzene rings is 1. The fourth-order valence-corrected chi connectivity index (χ4v) is 4.22. The summed E-state index contributed by atoms with van der Waals surface area (Å²) < 4.78 is 1.97. The van der Waals surface area contributed by atoms with Crippen LogP contribution in [0.5, 0.6) is 0 Å². The van der Waals surface area contributed by atoms with Gasteiger partial charge in [0.15, 0.2) is 5.65 Å². The molecule has 1 aromatic carbocycles. The first-order valence-electron chi connectivity index (χ1n) is 10.3. The minimum atomic E-state index is -0.668. The van der Waals surface area contributed by atoms with E-state index in [0.717, 1.165) is 16.5 Å². The van der Waals surface area contributed by atoms with Crippen LogP contribution in [0, 0.1) is 0 Å². The van der Waals surface area contributed by atoms with Gasteiger partial charge in [0.2, 0.25) is 5.91 Å². The van der Waals surface area contributed by atoms with Gasteiger partial charge in [-0.1, -0.05) is 17.7 Å². The van der Waals surface area contributed by atoms with Crippen LogP contribution in [0.25, 0.3) is 33.3 Å². The topological polar surface area (TPSA) is 122 Å². The highest BCUT2D eigenvalue weighted by molar-refractivity contribution is 6.31. The average molecular weight is 452 g/mol. The van der Waals surface area contributed by atoms with E-state index in [9.17, 15) is 9.59 Å². The van der Waals surface area contributed by atoms with Crippen LogP contribution in [0.15, 0.2) is 36.8 Å². The van der Waals surface area contributed by atoms with Crippen molar-refractivity contribution in [3.8, 4) is 11.3 Å². The maximum atomic E-state index is 12.9. The standard InChI is InChI=1S/C22H22ClN7O2/c1-11(22(32)30-8-13(24)9-30)27-21(31)15-6-25-20-19(15)28-17(7-26-20)16-10-29(2)18-5-12(23)3-4-14(16)18/h3-7,10-11,13H,8-9,24H2,1-2H3,(H,25,26)(H,27,31)/t11-/m1/s1. The highest BCUT2D eigenvalue weighted by Crippen LogP contribution is 2.31. The van der Waals surface area contributed by atoms with Crippen molar-refractivity contribution < 1.29 is 9.59 Å². The largest absolute Gasteiger partial charge is 0.350 e. The number of likely N-dealkylation sites (tertiary alicyclic amines) is 1. The molecular weight excluding hydrogens is 430 g/mol. The summed E-state index contributed by atoms with van der Waals surface area (Å²) in [5.41, 5.74) is 9.51. The van der Waals surface area contributed by atoms with E-state index in [-0.39, 0.29) is 11.9 Å². The Kier molecular flexibility index (Phi) is 4.87. The third kappa shape index (κ3) is 3.39. The van der Waals surface area contributed by atoms with Crippen molar-refractivity contribution in [1.82, 2.24) is 29.7 Å². The van der Waals surface area contributed by atoms with Gasteiger partial charge in [-0.2, -0.15) is 0 Å². The molecular formula is C22H22ClN7O2. The lowest BCUT2D eigenvalue weighted by Gasteiger charge is -2.38. The predicted octanol–water partition coefficient (Wildman–Crippen LogP) is 2.06. The number of hydrogen-bond acceptors (Lipinski definition) is 5. The second-order valence-corrected chi connectivity index (χ2v) is 8.60. The van der Waals surface area contributed by atoms with E-state index in [2.05, 4.69) is 15.3 Å². The highest BCUT2D eigenvalue weighted by atomic mass is 35.5. The van der Waals surface area contributed by atoms with Crippen LogP contribution >= 0.6 is 11.6 Å². The number of aromatic nitrogens is 4. The number of rotatable bonds is 4. The van der Waals surface area contributed by atoms with Gasteiger partial charge in [-0.05, 0) is 19.1 Å². The second-order valence-electron chi connectivity index (χ2n) is 8.17. The number of carbonyl (C=O) groups is 2.